The van der Waals surface area contributed by atoms with E-state index in [0.29, 0.717) is 27.9 Å². The number of hydrogen-bond donors (Lipinski definition) is 1. The van der Waals surface area contributed by atoms with Crippen LogP contribution in [0.2, 0.25) is 0 Å². The van der Waals surface area contributed by atoms with Gasteiger partial charge in [-0.1, -0.05) is 0 Å². The average molecular weight is 334 g/mol. The first-order chi connectivity index (χ1) is 11.0. The van der Waals surface area contributed by atoms with Gasteiger partial charge in [0.05, 0.1) is 12.1 Å². The molecule has 1 aliphatic rings. The number of aliphatic carboxylic acids is 1. The fourth-order valence-corrected chi connectivity index (χ4v) is 3.88. The standard InChI is InChI=1S/C16H18N2O4S/c1-9-5-6-12(22-9)15-17-10(2)14(23-15)16(21)18-7-3-4-11(18)8-13(19)20/h5-6,11H,3-4,7-8H2,1-2H3,(H,19,20). The van der Waals surface area contributed by atoms with Gasteiger partial charge in [-0.25, -0.2) is 4.98 Å². The zero-order valence-corrected chi connectivity index (χ0v) is 13.9. The molecule has 0 aliphatic carbocycles. The van der Waals surface area contributed by atoms with Gasteiger partial charge in [0.2, 0.25) is 0 Å². The van der Waals surface area contributed by atoms with Crippen molar-refractivity contribution in [2.45, 2.75) is 39.2 Å². The van der Waals surface area contributed by atoms with Crippen molar-refractivity contribution in [2.75, 3.05) is 6.54 Å². The molecule has 6 nitrogen and oxygen atoms in total. The Morgan fingerprint density at radius 2 is 2.22 bits per heavy atom. The summed E-state index contributed by atoms with van der Waals surface area (Å²) in [5, 5.41) is 9.67. The van der Waals surface area contributed by atoms with Crippen LogP contribution in [0.25, 0.3) is 10.8 Å². The number of carboxylic acid groups (broad SMARTS) is 1. The Balaban J connectivity index is 1.85. The number of nitrogens with zero attached hydrogens (tertiary/aromatic N) is 2. The first kappa shape index (κ1) is 15.7. The van der Waals surface area contributed by atoms with Crippen LogP contribution >= 0.6 is 11.3 Å². The van der Waals surface area contributed by atoms with Gasteiger partial charge in [0.25, 0.3) is 5.91 Å². The van der Waals surface area contributed by atoms with Crippen LogP contribution in [0, 0.1) is 13.8 Å². The molecule has 1 N–H and O–H groups in total. The van der Waals surface area contributed by atoms with Gasteiger partial charge in [0, 0.05) is 12.6 Å². The first-order valence-corrected chi connectivity index (χ1v) is 8.34. The third kappa shape index (κ3) is 3.14. The van der Waals surface area contributed by atoms with Crippen molar-refractivity contribution in [2.24, 2.45) is 0 Å². The van der Waals surface area contributed by atoms with Crippen LogP contribution in [0.3, 0.4) is 0 Å². The highest BCUT2D eigenvalue weighted by Gasteiger charge is 2.33. The Labute approximate surface area is 137 Å². The monoisotopic (exact) mass is 334 g/mol. The largest absolute Gasteiger partial charge is 0.481 e. The van der Waals surface area contributed by atoms with E-state index in [0.717, 1.165) is 18.6 Å². The van der Waals surface area contributed by atoms with Crippen molar-refractivity contribution in [1.29, 1.82) is 0 Å². The summed E-state index contributed by atoms with van der Waals surface area (Å²) in [5.74, 6) is 0.445. The molecule has 0 radical (unpaired) electrons. The van der Waals surface area contributed by atoms with Crippen LogP contribution in [0.15, 0.2) is 16.5 Å². The molecule has 2 aromatic rings. The van der Waals surface area contributed by atoms with E-state index < -0.39 is 5.97 Å². The molecule has 7 heteroatoms. The van der Waals surface area contributed by atoms with Crippen LogP contribution < -0.4 is 0 Å². The summed E-state index contributed by atoms with van der Waals surface area (Å²) >= 11 is 1.30. The van der Waals surface area contributed by atoms with Gasteiger partial charge in [-0.15, -0.1) is 11.3 Å². The minimum absolute atomic E-state index is 0.00612. The maximum Gasteiger partial charge on any atom is 0.305 e. The van der Waals surface area contributed by atoms with E-state index in [1.54, 1.807) is 11.8 Å². The molecule has 0 bridgehead atoms. The number of likely N-dealkylation sites (tertiary alicyclic amines) is 1. The van der Waals surface area contributed by atoms with Crippen molar-refractivity contribution >= 4 is 23.2 Å². The predicted molar refractivity (Wildman–Crippen MR) is 85.6 cm³/mol. The fraction of sp³-hybridized carbons (Fsp3) is 0.438. The summed E-state index contributed by atoms with van der Waals surface area (Å²) < 4.78 is 5.56. The molecular formula is C16H18N2O4S. The van der Waals surface area contributed by atoms with Crippen LogP contribution in [-0.4, -0.2) is 39.5 Å². The lowest BCUT2D eigenvalue weighted by atomic mass is 10.1. The number of carboxylic acids is 1. The highest BCUT2D eigenvalue weighted by atomic mass is 32.1. The van der Waals surface area contributed by atoms with E-state index >= 15 is 0 Å². The van der Waals surface area contributed by atoms with E-state index in [9.17, 15) is 9.59 Å². The molecule has 0 aromatic carbocycles. The molecule has 1 aliphatic heterocycles. The second-order valence-corrected chi connectivity index (χ2v) is 6.74. The van der Waals surface area contributed by atoms with Gasteiger partial charge in [-0.3, -0.25) is 9.59 Å². The molecule has 1 amide bonds. The number of aryl methyl sites for hydroxylation is 2. The van der Waals surface area contributed by atoms with Crippen molar-refractivity contribution in [3.8, 4) is 10.8 Å². The topological polar surface area (TPSA) is 83.6 Å². The number of hydrogen-bond acceptors (Lipinski definition) is 5. The summed E-state index contributed by atoms with van der Waals surface area (Å²) in [5.41, 5.74) is 0.657. The summed E-state index contributed by atoms with van der Waals surface area (Å²) in [4.78, 5) is 30.4. The maximum atomic E-state index is 12.8. The van der Waals surface area contributed by atoms with E-state index in [1.807, 2.05) is 19.1 Å². The number of aromatic nitrogens is 1. The fourth-order valence-electron chi connectivity index (χ4n) is 2.90. The van der Waals surface area contributed by atoms with Crippen LogP contribution in [0.4, 0.5) is 0 Å². The molecule has 23 heavy (non-hydrogen) atoms. The zero-order valence-electron chi connectivity index (χ0n) is 13.0. The SMILES string of the molecule is Cc1ccc(-c2nc(C)c(C(=O)N3CCCC3CC(=O)O)s2)o1. The van der Waals surface area contributed by atoms with Gasteiger partial charge in [-0.05, 0) is 38.8 Å². The molecule has 1 unspecified atom stereocenters. The summed E-state index contributed by atoms with van der Waals surface area (Å²) in [6.07, 6.45) is 1.57. The highest BCUT2D eigenvalue weighted by molar-refractivity contribution is 7.17. The number of rotatable bonds is 4. The summed E-state index contributed by atoms with van der Waals surface area (Å²) in [6.45, 7) is 4.26. The highest BCUT2D eigenvalue weighted by Crippen LogP contribution is 2.32. The number of furan rings is 1. The number of carbonyl (C=O) groups excluding carboxylic acids is 1. The quantitative estimate of drug-likeness (QED) is 0.929. The molecule has 2 aromatic heterocycles. The van der Waals surface area contributed by atoms with Crippen molar-refractivity contribution in [3.63, 3.8) is 0 Å². The first-order valence-electron chi connectivity index (χ1n) is 7.52. The normalized spacial score (nSPS) is 17.7. The van der Waals surface area contributed by atoms with Crippen molar-refractivity contribution in [1.82, 2.24) is 9.88 Å². The predicted octanol–water partition coefficient (Wildman–Crippen LogP) is 3.10. The third-order valence-electron chi connectivity index (χ3n) is 3.99. The van der Waals surface area contributed by atoms with Gasteiger partial charge < -0.3 is 14.4 Å². The molecule has 1 fully saturated rings. The number of amides is 1. The van der Waals surface area contributed by atoms with E-state index in [1.165, 1.54) is 11.3 Å². The van der Waals surface area contributed by atoms with Gasteiger partial charge >= 0.3 is 5.97 Å². The van der Waals surface area contributed by atoms with Crippen LogP contribution in [0.5, 0.6) is 0 Å². The van der Waals surface area contributed by atoms with E-state index in [2.05, 4.69) is 4.98 Å². The van der Waals surface area contributed by atoms with Gasteiger partial charge in [0.1, 0.15) is 10.6 Å². The Morgan fingerprint density at radius 1 is 1.43 bits per heavy atom. The van der Waals surface area contributed by atoms with Crippen molar-refractivity contribution < 1.29 is 19.1 Å². The Morgan fingerprint density at radius 3 is 2.87 bits per heavy atom. The smallest absolute Gasteiger partial charge is 0.305 e. The second-order valence-electron chi connectivity index (χ2n) is 5.74. The molecule has 0 spiro atoms. The minimum Gasteiger partial charge on any atom is -0.481 e. The lowest BCUT2D eigenvalue weighted by molar-refractivity contribution is -0.137. The van der Waals surface area contributed by atoms with Gasteiger partial charge in [0.15, 0.2) is 10.8 Å². The van der Waals surface area contributed by atoms with Crippen molar-refractivity contribution in [3.05, 3.63) is 28.5 Å². The number of thiazole rings is 1. The second kappa shape index (κ2) is 6.16. The zero-order chi connectivity index (χ0) is 16.6. The molecule has 1 saturated heterocycles. The molecule has 3 heterocycles. The van der Waals surface area contributed by atoms with E-state index in [-0.39, 0.29) is 18.4 Å². The maximum absolute atomic E-state index is 12.8. The summed E-state index contributed by atoms with van der Waals surface area (Å²) in [6, 6.07) is 3.47. The molecule has 122 valence electrons. The Bertz CT molecular complexity index is 749. The minimum atomic E-state index is -0.873. The molecule has 0 saturated carbocycles. The number of carbonyl (C=O) groups is 2. The van der Waals surface area contributed by atoms with Gasteiger partial charge in [-0.2, -0.15) is 0 Å². The molecular weight excluding hydrogens is 316 g/mol. The van der Waals surface area contributed by atoms with E-state index in [4.69, 9.17) is 9.52 Å². The van der Waals surface area contributed by atoms with Crippen LogP contribution in [-0.2, 0) is 4.79 Å². The lowest BCUT2D eigenvalue weighted by Crippen LogP contribution is -2.36. The average Bonchev–Trinajstić information content (AvgIpc) is 3.18. The Hall–Kier alpha value is -2.15. The Kier molecular flexibility index (Phi) is 4.21. The lowest BCUT2D eigenvalue weighted by Gasteiger charge is -2.22. The summed E-state index contributed by atoms with van der Waals surface area (Å²) in [7, 11) is 0. The molecule has 3 rings (SSSR count). The third-order valence-corrected chi connectivity index (χ3v) is 5.15. The molecule has 1 atom stereocenters. The van der Waals surface area contributed by atoms with Crippen LogP contribution in [0.1, 0.15) is 40.4 Å².